The fourth-order valence-corrected chi connectivity index (χ4v) is 3.06. The number of amidine groups is 1. The van der Waals surface area contributed by atoms with Gasteiger partial charge in [0.2, 0.25) is 0 Å². The molecule has 0 spiro atoms. The van der Waals surface area contributed by atoms with E-state index in [1.165, 1.54) is 11.1 Å². The summed E-state index contributed by atoms with van der Waals surface area (Å²) in [6.45, 7) is 7.47. The Hall–Kier alpha value is -1.68. The van der Waals surface area contributed by atoms with Crippen molar-refractivity contribution in [2.45, 2.75) is 39.8 Å². The van der Waals surface area contributed by atoms with Gasteiger partial charge in [-0.1, -0.05) is 25.1 Å². The molecule has 0 bridgehead atoms. The lowest BCUT2D eigenvalue weighted by Crippen LogP contribution is -2.36. The van der Waals surface area contributed by atoms with E-state index in [1.54, 1.807) is 11.3 Å². The largest absolute Gasteiger partial charge is 0.354 e. The third-order valence-electron chi connectivity index (χ3n) is 3.49. The minimum absolute atomic E-state index is 0.437. The Labute approximate surface area is 131 Å². The lowest BCUT2D eigenvalue weighted by molar-refractivity contribution is 0.336. The summed E-state index contributed by atoms with van der Waals surface area (Å²) in [7, 11) is 1.88. The van der Waals surface area contributed by atoms with Gasteiger partial charge < -0.3 is 4.90 Å². The quantitative estimate of drug-likeness (QED) is 0.602. The van der Waals surface area contributed by atoms with Crippen LogP contribution in [-0.2, 0) is 6.54 Å². The van der Waals surface area contributed by atoms with Crippen LogP contribution in [0.3, 0.4) is 0 Å². The van der Waals surface area contributed by atoms with Gasteiger partial charge in [-0.05, 0) is 25.5 Å². The zero-order chi connectivity index (χ0) is 15.2. The van der Waals surface area contributed by atoms with Crippen molar-refractivity contribution in [3.8, 4) is 10.6 Å². The molecule has 4 heteroatoms. The molecule has 2 aromatic rings. The molecule has 0 aliphatic rings. The Kier molecular flexibility index (Phi) is 5.51. The van der Waals surface area contributed by atoms with Crippen LogP contribution >= 0.6 is 11.3 Å². The highest BCUT2D eigenvalue weighted by molar-refractivity contribution is 7.13. The first-order valence-corrected chi connectivity index (χ1v) is 8.24. The van der Waals surface area contributed by atoms with Gasteiger partial charge in [-0.3, -0.25) is 4.99 Å². The molecule has 0 N–H and O–H groups in total. The predicted molar refractivity (Wildman–Crippen MR) is 91.9 cm³/mol. The van der Waals surface area contributed by atoms with E-state index in [2.05, 4.69) is 59.9 Å². The van der Waals surface area contributed by atoms with E-state index in [0.717, 1.165) is 23.8 Å². The molecule has 0 radical (unpaired) electrons. The first-order valence-electron chi connectivity index (χ1n) is 7.36. The maximum atomic E-state index is 4.43. The van der Waals surface area contributed by atoms with Crippen LogP contribution in [0.1, 0.15) is 32.8 Å². The molecule has 112 valence electrons. The van der Waals surface area contributed by atoms with Gasteiger partial charge in [0, 0.05) is 43.2 Å². The molecule has 0 atom stereocenters. The minimum atomic E-state index is 0.437. The first kappa shape index (κ1) is 15.7. The fourth-order valence-electron chi connectivity index (χ4n) is 2.43. The molecule has 21 heavy (non-hydrogen) atoms. The second-order valence-electron chi connectivity index (χ2n) is 5.25. The second-order valence-corrected chi connectivity index (χ2v) is 6.15. The Bertz CT molecular complexity index is 588. The summed E-state index contributed by atoms with van der Waals surface area (Å²) in [5, 5.41) is 3.09. The summed E-state index contributed by atoms with van der Waals surface area (Å²) in [4.78, 5) is 11.2. The van der Waals surface area contributed by atoms with Crippen molar-refractivity contribution in [3.05, 3.63) is 41.4 Å². The summed E-state index contributed by atoms with van der Waals surface area (Å²) in [6, 6.07) is 9.08. The lowest BCUT2D eigenvalue weighted by Gasteiger charge is -2.30. The molecule has 3 nitrogen and oxygen atoms in total. The van der Waals surface area contributed by atoms with Gasteiger partial charge in [-0.15, -0.1) is 11.3 Å². The van der Waals surface area contributed by atoms with Crippen LogP contribution in [0.4, 0.5) is 0 Å². The van der Waals surface area contributed by atoms with Crippen molar-refractivity contribution in [2.75, 3.05) is 7.05 Å². The SMILES string of the molecule is CCC(=NC)N(Cc1cccc(-c2nccs2)c1)C(C)C. The van der Waals surface area contributed by atoms with Gasteiger partial charge in [-0.2, -0.15) is 0 Å². The summed E-state index contributed by atoms with van der Waals surface area (Å²) >= 11 is 1.68. The molecule has 0 fully saturated rings. The van der Waals surface area contributed by atoms with Gasteiger partial charge in [0.15, 0.2) is 0 Å². The van der Waals surface area contributed by atoms with E-state index in [4.69, 9.17) is 0 Å². The molecule has 1 aromatic carbocycles. The summed E-state index contributed by atoms with van der Waals surface area (Å²) in [5.41, 5.74) is 2.49. The van der Waals surface area contributed by atoms with Gasteiger partial charge in [0.05, 0.1) is 5.84 Å². The standard InChI is InChI=1S/C17H23N3S/c1-5-16(18-4)20(13(2)3)12-14-7-6-8-15(11-14)17-19-9-10-21-17/h6-11,13H,5,12H2,1-4H3. The maximum absolute atomic E-state index is 4.43. The maximum Gasteiger partial charge on any atom is 0.123 e. The number of aliphatic imine (C=N–C) groups is 1. The number of hydrogen-bond donors (Lipinski definition) is 0. The normalized spacial score (nSPS) is 12.0. The highest BCUT2D eigenvalue weighted by Gasteiger charge is 2.14. The molecular formula is C17H23N3S. The molecule has 2 rings (SSSR count). The van der Waals surface area contributed by atoms with Crippen LogP contribution < -0.4 is 0 Å². The van der Waals surface area contributed by atoms with E-state index in [-0.39, 0.29) is 0 Å². The zero-order valence-electron chi connectivity index (χ0n) is 13.2. The van der Waals surface area contributed by atoms with E-state index in [1.807, 2.05) is 18.6 Å². The number of benzene rings is 1. The summed E-state index contributed by atoms with van der Waals surface area (Å²) in [5.74, 6) is 1.16. The van der Waals surface area contributed by atoms with E-state index in [9.17, 15) is 0 Å². The fraction of sp³-hybridized carbons (Fsp3) is 0.412. The average Bonchev–Trinajstić information content (AvgIpc) is 3.02. The topological polar surface area (TPSA) is 28.5 Å². The van der Waals surface area contributed by atoms with Gasteiger partial charge in [0.25, 0.3) is 0 Å². The molecule has 1 heterocycles. The van der Waals surface area contributed by atoms with Gasteiger partial charge >= 0.3 is 0 Å². The number of rotatable bonds is 5. The summed E-state index contributed by atoms with van der Waals surface area (Å²) in [6.07, 6.45) is 2.81. The van der Waals surface area contributed by atoms with E-state index in [0.29, 0.717) is 6.04 Å². The molecular weight excluding hydrogens is 278 g/mol. The Morgan fingerprint density at radius 2 is 2.19 bits per heavy atom. The Morgan fingerprint density at radius 3 is 2.76 bits per heavy atom. The molecule has 0 amide bonds. The molecule has 1 aromatic heterocycles. The smallest absolute Gasteiger partial charge is 0.123 e. The van der Waals surface area contributed by atoms with Crippen molar-refractivity contribution in [2.24, 2.45) is 4.99 Å². The Morgan fingerprint density at radius 1 is 1.38 bits per heavy atom. The molecule has 0 unspecified atom stereocenters. The third kappa shape index (κ3) is 3.91. The van der Waals surface area contributed by atoms with Crippen LogP contribution in [-0.4, -0.2) is 28.8 Å². The summed E-state index contributed by atoms with van der Waals surface area (Å²) < 4.78 is 0. The molecule has 0 aliphatic carbocycles. The van der Waals surface area contributed by atoms with Crippen molar-refractivity contribution in [3.63, 3.8) is 0 Å². The van der Waals surface area contributed by atoms with Crippen molar-refractivity contribution in [1.82, 2.24) is 9.88 Å². The molecule has 0 saturated carbocycles. The van der Waals surface area contributed by atoms with Crippen molar-refractivity contribution >= 4 is 17.2 Å². The van der Waals surface area contributed by atoms with Crippen LogP contribution in [0.2, 0.25) is 0 Å². The molecule has 0 aliphatic heterocycles. The predicted octanol–water partition coefficient (Wildman–Crippen LogP) is 4.46. The highest BCUT2D eigenvalue weighted by Crippen LogP contribution is 2.23. The van der Waals surface area contributed by atoms with Gasteiger partial charge in [0.1, 0.15) is 5.01 Å². The van der Waals surface area contributed by atoms with Gasteiger partial charge in [-0.25, -0.2) is 4.98 Å². The van der Waals surface area contributed by atoms with Crippen molar-refractivity contribution < 1.29 is 0 Å². The van der Waals surface area contributed by atoms with E-state index >= 15 is 0 Å². The van der Waals surface area contributed by atoms with Crippen LogP contribution in [0, 0.1) is 0 Å². The van der Waals surface area contributed by atoms with Crippen molar-refractivity contribution in [1.29, 1.82) is 0 Å². The van der Waals surface area contributed by atoms with Crippen LogP contribution in [0.25, 0.3) is 10.6 Å². The number of hydrogen-bond acceptors (Lipinski definition) is 3. The monoisotopic (exact) mass is 301 g/mol. The zero-order valence-corrected chi connectivity index (χ0v) is 14.0. The Balaban J connectivity index is 2.23. The first-order chi connectivity index (χ1) is 10.2. The third-order valence-corrected chi connectivity index (χ3v) is 4.31. The second kappa shape index (κ2) is 7.36. The number of nitrogens with zero attached hydrogens (tertiary/aromatic N) is 3. The average molecular weight is 301 g/mol. The van der Waals surface area contributed by atoms with Crippen LogP contribution in [0.15, 0.2) is 40.8 Å². The lowest BCUT2D eigenvalue weighted by atomic mass is 10.1. The number of aromatic nitrogens is 1. The number of thiazole rings is 1. The van der Waals surface area contributed by atoms with E-state index < -0.39 is 0 Å². The van der Waals surface area contributed by atoms with Crippen LogP contribution in [0.5, 0.6) is 0 Å². The molecule has 0 saturated heterocycles. The minimum Gasteiger partial charge on any atom is -0.354 e. The highest BCUT2D eigenvalue weighted by atomic mass is 32.1.